The van der Waals surface area contributed by atoms with Gasteiger partial charge in [0.15, 0.2) is 0 Å². The van der Waals surface area contributed by atoms with Gasteiger partial charge in [-0.25, -0.2) is 0 Å². The van der Waals surface area contributed by atoms with Crippen molar-refractivity contribution in [3.8, 4) is 0 Å². The Kier molecular flexibility index (Phi) is 3.65. The first-order chi connectivity index (χ1) is 8.54. The van der Waals surface area contributed by atoms with E-state index in [4.69, 9.17) is 9.31 Å². The summed E-state index contributed by atoms with van der Waals surface area (Å²) in [5, 5.41) is 19.9. The van der Waals surface area contributed by atoms with Crippen LogP contribution < -0.4 is 5.46 Å². The monoisotopic (exact) mass is 251 g/mol. The number of non-ortho nitro benzene ring substituents is 1. The minimum atomic E-state index is -0.607. The molecule has 1 saturated heterocycles. The van der Waals surface area contributed by atoms with Gasteiger partial charge in [-0.05, 0) is 5.46 Å². The van der Waals surface area contributed by atoms with Crippen molar-refractivity contribution in [3.05, 3.63) is 34.4 Å². The quantitative estimate of drug-likeness (QED) is 0.475. The molecule has 0 aliphatic carbocycles. The molecule has 0 saturated carbocycles. The summed E-state index contributed by atoms with van der Waals surface area (Å²) in [6, 6.07) is 6.18. The van der Waals surface area contributed by atoms with Gasteiger partial charge in [-0.2, -0.15) is 0 Å². The molecule has 1 fully saturated rings. The Balaban J connectivity index is 2.10. The van der Waals surface area contributed by atoms with Crippen molar-refractivity contribution in [2.45, 2.75) is 6.92 Å². The average molecular weight is 251 g/mol. The third kappa shape index (κ3) is 2.69. The van der Waals surface area contributed by atoms with E-state index in [2.05, 4.69) is 0 Å². The van der Waals surface area contributed by atoms with E-state index in [1.54, 1.807) is 12.1 Å². The molecule has 0 amide bonds. The molecule has 1 aliphatic heterocycles. The molecular weight excluding hydrogens is 237 g/mol. The van der Waals surface area contributed by atoms with Crippen LogP contribution in [0.1, 0.15) is 6.92 Å². The Morgan fingerprint density at radius 1 is 1.50 bits per heavy atom. The molecule has 0 atom stereocenters. The van der Waals surface area contributed by atoms with E-state index in [1.165, 1.54) is 12.1 Å². The van der Waals surface area contributed by atoms with Gasteiger partial charge in [0, 0.05) is 30.8 Å². The summed E-state index contributed by atoms with van der Waals surface area (Å²) in [7, 11) is -0.607. The number of nitrogens with zero attached hydrogens (tertiary/aromatic N) is 1. The number of nitro groups is 1. The minimum absolute atomic E-state index is 0.00944. The fraction of sp³-hybridized carbons (Fsp3) is 0.455. The molecule has 1 heterocycles. The highest BCUT2D eigenvalue weighted by Gasteiger charge is 2.36. The molecule has 1 aliphatic rings. The summed E-state index contributed by atoms with van der Waals surface area (Å²) in [6.07, 6.45) is 0. The van der Waals surface area contributed by atoms with Crippen LogP contribution in [0.5, 0.6) is 0 Å². The highest BCUT2D eigenvalue weighted by atomic mass is 16.6. The highest BCUT2D eigenvalue weighted by Crippen LogP contribution is 2.22. The van der Waals surface area contributed by atoms with Crippen molar-refractivity contribution in [1.82, 2.24) is 0 Å². The maximum Gasteiger partial charge on any atom is 0.494 e. The minimum Gasteiger partial charge on any atom is -0.407 e. The van der Waals surface area contributed by atoms with Crippen LogP contribution in [0.3, 0.4) is 0 Å². The summed E-state index contributed by atoms with van der Waals surface area (Å²) < 4.78 is 11.0. The van der Waals surface area contributed by atoms with Crippen LogP contribution in [0.4, 0.5) is 5.69 Å². The highest BCUT2D eigenvalue weighted by molar-refractivity contribution is 6.61. The van der Waals surface area contributed by atoms with Crippen LogP contribution in [0, 0.1) is 15.5 Å². The van der Waals surface area contributed by atoms with E-state index in [9.17, 15) is 15.2 Å². The van der Waals surface area contributed by atoms with E-state index < -0.39 is 17.5 Å². The van der Waals surface area contributed by atoms with Gasteiger partial charge in [0.25, 0.3) is 5.69 Å². The Morgan fingerprint density at radius 3 is 2.72 bits per heavy atom. The fourth-order valence-corrected chi connectivity index (χ4v) is 1.71. The first kappa shape index (κ1) is 13.0. The third-order valence-electron chi connectivity index (χ3n) is 2.90. The smallest absolute Gasteiger partial charge is 0.407 e. The van der Waals surface area contributed by atoms with Crippen molar-refractivity contribution in [1.29, 1.82) is 0 Å². The lowest BCUT2D eigenvalue weighted by Gasteiger charge is -2.34. The number of benzene rings is 1. The zero-order valence-electron chi connectivity index (χ0n) is 10.0. The number of aliphatic hydroxyl groups is 1. The van der Waals surface area contributed by atoms with Gasteiger partial charge in [0.2, 0.25) is 0 Å². The van der Waals surface area contributed by atoms with Crippen LogP contribution in [0.15, 0.2) is 24.3 Å². The SMILES string of the molecule is CC1(CO)COB(c2cccc([N+](=O)[O-])c2)OC1. The zero-order chi connectivity index (χ0) is 13.2. The molecule has 7 heteroatoms. The van der Waals surface area contributed by atoms with Gasteiger partial charge < -0.3 is 14.4 Å². The first-order valence-electron chi connectivity index (χ1n) is 5.62. The van der Waals surface area contributed by atoms with Crippen molar-refractivity contribution >= 4 is 18.3 Å². The predicted octanol–water partition coefficient (Wildman–Crippen LogP) is 0.335. The van der Waals surface area contributed by atoms with Crippen LogP contribution in [-0.2, 0) is 9.31 Å². The van der Waals surface area contributed by atoms with E-state index in [0.29, 0.717) is 18.7 Å². The van der Waals surface area contributed by atoms with Crippen LogP contribution in [-0.4, -0.2) is 37.0 Å². The second-order valence-electron chi connectivity index (χ2n) is 4.77. The number of hydrogen-bond acceptors (Lipinski definition) is 5. The molecule has 6 nitrogen and oxygen atoms in total. The van der Waals surface area contributed by atoms with Gasteiger partial charge >= 0.3 is 7.12 Å². The van der Waals surface area contributed by atoms with Gasteiger partial charge in [-0.15, -0.1) is 0 Å². The Bertz CT molecular complexity index is 445. The molecule has 2 rings (SSSR count). The Labute approximate surface area is 105 Å². The van der Waals surface area contributed by atoms with Crippen LogP contribution in [0.2, 0.25) is 0 Å². The molecular formula is C11H14BNO5. The summed E-state index contributed by atoms with van der Waals surface area (Å²) in [5.41, 5.74) is 0.219. The first-order valence-corrected chi connectivity index (χ1v) is 5.62. The lowest BCUT2D eigenvalue weighted by Crippen LogP contribution is -2.49. The fourth-order valence-electron chi connectivity index (χ4n) is 1.71. The summed E-state index contributed by atoms with van der Waals surface area (Å²) >= 11 is 0. The topological polar surface area (TPSA) is 81.8 Å². The van der Waals surface area contributed by atoms with Gasteiger partial charge in [0.1, 0.15) is 0 Å². The summed E-state index contributed by atoms with van der Waals surface area (Å²) in [6.45, 7) is 2.55. The largest absolute Gasteiger partial charge is 0.494 e. The Hall–Kier alpha value is -1.44. The lowest BCUT2D eigenvalue weighted by molar-refractivity contribution is -0.384. The predicted molar refractivity (Wildman–Crippen MR) is 65.6 cm³/mol. The maximum atomic E-state index is 10.7. The molecule has 0 unspecified atom stereocenters. The third-order valence-corrected chi connectivity index (χ3v) is 2.90. The summed E-state index contributed by atoms with van der Waals surface area (Å²) in [5.74, 6) is 0. The molecule has 96 valence electrons. The van der Waals surface area contributed by atoms with E-state index >= 15 is 0 Å². The molecule has 1 aromatic carbocycles. The van der Waals surface area contributed by atoms with Crippen LogP contribution >= 0.6 is 0 Å². The van der Waals surface area contributed by atoms with E-state index in [-0.39, 0.29) is 12.3 Å². The molecule has 0 spiro atoms. The number of rotatable bonds is 3. The molecule has 0 aromatic heterocycles. The second-order valence-corrected chi connectivity index (χ2v) is 4.77. The lowest BCUT2D eigenvalue weighted by atomic mass is 9.75. The average Bonchev–Trinajstić information content (AvgIpc) is 2.40. The van der Waals surface area contributed by atoms with Crippen LogP contribution in [0.25, 0.3) is 0 Å². The number of nitro benzene ring substituents is 1. The van der Waals surface area contributed by atoms with E-state index in [0.717, 1.165) is 0 Å². The second kappa shape index (κ2) is 5.05. The van der Waals surface area contributed by atoms with Crippen molar-refractivity contribution in [3.63, 3.8) is 0 Å². The standard InChI is InChI=1S/C11H14BNO5/c1-11(6-14)7-17-12(18-8-11)9-3-2-4-10(5-9)13(15)16/h2-5,14H,6-8H2,1H3. The van der Waals surface area contributed by atoms with Crippen molar-refractivity contribution in [2.24, 2.45) is 5.41 Å². The van der Waals surface area contributed by atoms with Gasteiger partial charge in [-0.3, -0.25) is 10.1 Å². The van der Waals surface area contributed by atoms with E-state index in [1.807, 2.05) is 6.92 Å². The van der Waals surface area contributed by atoms with Gasteiger partial charge in [0.05, 0.1) is 11.5 Å². The molecule has 18 heavy (non-hydrogen) atoms. The molecule has 0 radical (unpaired) electrons. The summed E-state index contributed by atoms with van der Waals surface area (Å²) in [4.78, 5) is 10.2. The van der Waals surface area contributed by atoms with Gasteiger partial charge in [-0.1, -0.05) is 19.1 Å². The molecule has 0 bridgehead atoms. The van der Waals surface area contributed by atoms with Crippen molar-refractivity contribution < 1.29 is 19.3 Å². The van der Waals surface area contributed by atoms with Crippen molar-refractivity contribution in [2.75, 3.05) is 19.8 Å². The maximum absolute atomic E-state index is 10.7. The zero-order valence-corrected chi connectivity index (χ0v) is 10.0. The molecule has 1 aromatic rings. The normalized spacial score (nSPS) is 18.7. The number of hydrogen-bond donors (Lipinski definition) is 1. The molecule has 1 N–H and O–H groups in total. The Morgan fingerprint density at radius 2 is 2.17 bits per heavy atom. The number of aliphatic hydroxyl groups excluding tert-OH is 1.